The minimum absolute atomic E-state index is 0.234. The first kappa shape index (κ1) is 21.5. The number of imide groups is 1. The van der Waals surface area contributed by atoms with Crippen LogP contribution in [0, 0.1) is 0 Å². The van der Waals surface area contributed by atoms with E-state index in [1.54, 1.807) is 84.9 Å². The molecule has 0 heterocycles. The Labute approximate surface area is 187 Å². The number of hydrogen-bond acceptors (Lipinski definition) is 3. The predicted molar refractivity (Wildman–Crippen MR) is 128 cm³/mol. The molecular weight excluding hydrogens is 417 g/mol. The van der Waals surface area contributed by atoms with Crippen LogP contribution in [-0.2, 0) is 4.57 Å². The van der Waals surface area contributed by atoms with Gasteiger partial charge in [0.1, 0.15) is 0 Å². The Morgan fingerprint density at radius 2 is 0.844 bits per heavy atom. The molecule has 158 valence electrons. The average molecular weight is 439 g/mol. The third kappa shape index (κ3) is 4.46. The fourth-order valence-corrected chi connectivity index (χ4v) is 6.13. The molecule has 0 aliphatic heterocycles. The topological polar surface area (TPSA) is 54.5 Å². The summed E-state index contributed by atoms with van der Waals surface area (Å²) < 4.78 is 14.6. The Kier molecular flexibility index (Phi) is 6.44. The third-order valence-corrected chi connectivity index (χ3v) is 8.16. The zero-order valence-corrected chi connectivity index (χ0v) is 18.3. The second-order valence-corrected chi connectivity index (χ2v) is 10.1. The van der Waals surface area contributed by atoms with Crippen LogP contribution in [0.4, 0.5) is 0 Å². The number of benzene rings is 4. The Balaban J connectivity index is 1.83. The highest BCUT2D eigenvalue weighted by molar-refractivity contribution is 7.78. The number of amides is 2. The fraction of sp³-hybridized carbons (Fsp3) is 0.0370. The van der Waals surface area contributed by atoms with Gasteiger partial charge in [0.25, 0.3) is 11.8 Å². The van der Waals surface area contributed by atoms with E-state index in [0.29, 0.717) is 21.7 Å². The van der Waals surface area contributed by atoms with Gasteiger partial charge < -0.3 is 4.57 Å². The molecule has 0 radical (unpaired) electrons. The summed E-state index contributed by atoms with van der Waals surface area (Å²) in [6, 6.07) is 35.3. The highest BCUT2D eigenvalue weighted by Gasteiger charge is 2.35. The second-order valence-electron chi connectivity index (χ2n) is 7.32. The summed E-state index contributed by atoms with van der Waals surface area (Å²) in [5.41, 5.74) is 0.730. The maximum Gasteiger partial charge on any atom is 0.261 e. The molecule has 4 nitrogen and oxygen atoms in total. The van der Waals surface area contributed by atoms with E-state index in [4.69, 9.17) is 0 Å². The van der Waals surface area contributed by atoms with Crippen LogP contribution in [-0.4, -0.2) is 23.0 Å². The van der Waals surface area contributed by atoms with Crippen LogP contribution in [0.2, 0.25) is 0 Å². The zero-order valence-electron chi connectivity index (χ0n) is 17.4. The molecule has 4 aromatic carbocycles. The summed E-state index contributed by atoms with van der Waals surface area (Å²) >= 11 is 0. The summed E-state index contributed by atoms with van der Waals surface area (Å²) in [6.07, 6.45) is -0.234. The first-order chi connectivity index (χ1) is 15.6. The molecule has 2 amide bonds. The van der Waals surface area contributed by atoms with Crippen LogP contribution in [0.25, 0.3) is 0 Å². The second kappa shape index (κ2) is 9.59. The summed E-state index contributed by atoms with van der Waals surface area (Å²) in [6.45, 7) is 0. The van der Waals surface area contributed by atoms with Gasteiger partial charge in [0.2, 0.25) is 0 Å². The molecule has 0 saturated carbocycles. The molecule has 0 fully saturated rings. The lowest BCUT2D eigenvalue weighted by atomic mass is 10.1. The molecule has 0 aromatic heterocycles. The lowest BCUT2D eigenvalue weighted by Gasteiger charge is -2.27. The summed E-state index contributed by atoms with van der Waals surface area (Å²) in [5.74, 6) is -0.960. The average Bonchev–Trinajstić information content (AvgIpc) is 2.88. The summed E-state index contributed by atoms with van der Waals surface area (Å²) in [5, 5.41) is 1.19. The van der Waals surface area contributed by atoms with Crippen molar-refractivity contribution in [1.82, 2.24) is 4.90 Å². The van der Waals surface area contributed by atoms with Gasteiger partial charge in [-0.05, 0) is 24.3 Å². The SMILES string of the molecule is O=C(c1ccccc1)N(CP(=O)(c1ccccc1)c1ccccc1)C(=O)c1ccccc1. The van der Waals surface area contributed by atoms with Crippen LogP contribution < -0.4 is 10.6 Å². The maximum absolute atomic E-state index is 14.6. The Bertz CT molecular complexity index is 1150. The van der Waals surface area contributed by atoms with Crippen LogP contribution in [0.15, 0.2) is 121 Å². The van der Waals surface area contributed by atoms with Crippen molar-refractivity contribution < 1.29 is 14.2 Å². The highest BCUT2D eigenvalue weighted by atomic mass is 31.2. The normalized spacial score (nSPS) is 11.0. The number of rotatable bonds is 6. The molecule has 0 unspecified atom stereocenters. The van der Waals surface area contributed by atoms with Crippen LogP contribution in [0.3, 0.4) is 0 Å². The van der Waals surface area contributed by atoms with Crippen molar-refractivity contribution in [1.29, 1.82) is 0 Å². The van der Waals surface area contributed by atoms with Gasteiger partial charge in [-0.2, -0.15) is 0 Å². The molecule has 0 atom stereocenters. The zero-order chi connectivity index (χ0) is 22.4. The van der Waals surface area contributed by atoms with Gasteiger partial charge in [-0.1, -0.05) is 97.1 Å². The van der Waals surface area contributed by atoms with Gasteiger partial charge in [0.15, 0.2) is 7.14 Å². The highest BCUT2D eigenvalue weighted by Crippen LogP contribution is 2.44. The number of hydrogen-bond donors (Lipinski definition) is 0. The van der Waals surface area contributed by atoms with Crippen LogP contribution in [0.5, 0.6) is 0 Å². The minimum Gasteiger partial charge on any atom is -0.312 e. The quantitative estimate of drug-likeness (QED) is 0.316. The number of carbonyl (C=O) groups excluding carboxylic acids is 2. The first-order valence-electron chi connectivity index (χ1n) is 10.3. The lowest BCUT2D eigenvalue weighted by molar-refractivity contribution is 0.0643. The number of carbonyl (C=O) groups is 2. The van der Waals surface area contributed by atoms with Crippen molar-refractivity contribution >= 4 is 29.6 Å². The molecule has 0 N–H and O–H groups in total. The molecule has 0 saturated heterocycles. The summed E-state index contributed by atoms with van der Waals surface area (Å²) in [4.78, 5) is 28.1. The van der Waals surface area contributed by atoms with Crippen molar-refractivity contribution in [3.8, 4) is 0 Å². The summed E-state index contributed by atoms with van der Waals surface area (Å²) in [7, 11) is -3.34. The van der Waals surface area contributed by atoms with Crippen molar-refractivity contribution in [2.24, 2.45) is 0 Å². The van der Waals surface area contributed by atoms with E-state index >= 15 is 0 Å². The molecular formula is C27H22NO3P. The molecule has 0 aliphatic rings. The van der Waals surface area contributed by atoms with E-state index in [9.17, 15) is 14.2 Å². The van der Waals surface area contributed by atoms with Gasteiger partial charge in [-0.15, -0.1) is 0 Å². The van der Waals surface area contributed by atoms with E-state index in [2.05, 4.69) is 0 Å². The van der Waals surface area contributed by atoms with Gasteiger partial charge in [-0.25, -0.2) is 0 Å². The van der Waals surface area contributed by atoms with Crippen molar-refractivity contribution in [2.45, 2.75) is 0 Å². The lowest BCUT2D eigenvalue weighted by Crippen LogP contribution is -2.40. The standard InChI is InChI=1S/C27H22NO3P/c29-26(22-13-5-1-6-14-22)28(27(30)23-15-7-2-8-16-23)21-32(31,24-17-9-3-10-18-24)25-19-11-4-12-20-25/h1-20H,21H2. The molecule has 0 spiro atoms. The smallest absolute Gasteiger partial charge is 0.261 e. The van der Waals surface area contributed by atoms with Gasteiger partial charge in [0.05, 0.1) is 6.29 Å². The van der Waals surface area contributed by atoms with E-state index in [1.165, 1.54) is 0 Å². The maximum atomic E-state index is 14.6. The van der Waals surface area contributed by atoms with Gasteiger partial charge in [0, 0.05) is 21.7 Å². The molecule has 4 rings (SSSR count). The monoisotopic (exact) mass is 439 g/mol. The van der Waals surface area contributed by atoms with Gasteiger partial charge >= 0.3 is 0 Å². The van der Waals surface area contributed by atoms with E-state index in [1.807, 2.05) is 36.4 Å². The molecule has 32 heavy (non-hydrogen) atoms. The van der Waals surface area contributed by atoms with Crippen molar-refractivity contribution in [3.63, 3.8) is 0 Å². The molecule has 4 aromatic rings. The third-order valence-electron chi connectivity index (χ3n) is 5.22. The van der Waals surface area contributed by atoms with Crippen LogP contribution >= 0.6 is 7.14 Å². The Morgan fingerprint density at radius 1 is 0.531 bits per heavy atom. The Hall–Kier alpha value is -3.75. The van der Waals surface area contributed by atoms with E-state index < -0.39 is 19.0 Å². The molecule has 0 bridgehead atoms. The minimum atomic E-state index is -3.34. The molecule has 0 aliphatic carbocycles. The fourth-order valence-electron chi connectivity index (χ4n) is 3.54. The van der Waals surface area contributed by atoms with Crippen molar-refractivity contribution in [2.75, 3.05) is 6.29 Å². The number of nitrogens with zero attached hydrogens (tertiary/aromatic N) is 1. The van der Waals surface area contributed by atoms with E-state index in [-0.39, 0.29) is 6.29 Å². The van der Waals surface area contributed by atoms with E-state index in [0.717, 1.165) is 4.90 Å². The van der Waals surface area contributed by atoms with Gasteiger partial charge in [-0.3, -0.25) is 14.5 Å². The Morgan fingerprint density at radius 3 is 1.19 bits per heavy atom. The first-order valence-corrected chi connectivity index (χ1v) is 12.2. The predicted octanol–water partition coefficient (Wildman–Crippen LogP) is 4.94. The van der Waals surface area contributed by atoms with Crippen molar-refractivity contribution in [3.05, 3.63) is 132 Å². The van der Waals surface area contributed by atoms with Crippen LogP contribution in [0.1, 0.15) is 20.7 Å². The molecule has 5 heteroatoms. The largest absolute Gasteiger partial charge is 0.312 e.